The molecule has 1 aliphatic rings. The molecule has 1 aromatic carbocycles. The number of aromatic hydroxyl groups is 1. The lowest BCUT2D eigenvalue weighted by molar-refractivity contribution is -0.149. The first kappa shape index (κ1) is 13.8. The lowest BCUT2D eigenvalue weighted by Gasteiger charge is -2.27. The zero-order valence-electron chi connectivity index (χ0n) is 11.1. The molecule has 0 aliphatic heterocycles. The zero-order chi connectivity index (χ0) is 13.8. The summed E-state index contributed by atoms with van der Waals surface area (Å²) in [6.07, 6.45) is 3.17. The van der Waals surface area contributed by atoms with Gasteiger partial charge in [0.15, 0.2) is 0 Å². The number of carbonyl (C=O) groups excluding carboxylic acids is 1. The van der Waals surface area contributed by atoms with Gasteiger partial charge < -0.3 is 9.84 Å². The molecular formula is C15H19FO3. The summed E-state index contributed by atoms with van der Waals surface area (Å²) >= 11 is 0. The molecule has 1 fully saturated rings. The lowest BCUT2D eigenvalue weighted by Crippen LogP contribution is -2.23. The number of ether oxygens (including phenoxy) is 1. The number of esters is 1. The Bertz CT molecular complexity index is 451. The maximum Gasteiger partial charge on any atom is 0.308 e. The smallest absolute Gasteiger partial charge is 0.308 e. The molecule has 0 heterocycles. The highest BCUT2D eigenvalue weighted by molar-refractivity contribution is 5.72. The van der Waals surface area contributed by atoms with E-state index < -0.39 is 5.82 Å². The average Bonchev–Trinajstić information content (AvgIpc) is 2.39. The van der Waals surface area contributed by atoms with E-state index in [1.807, 2.05) is 0 Å². The number of carbonyl (C=O) groups is 1. The van der Waals surface area contributed by atoms with Crippen LogP contribution < -0.4 is 0 Å². The summed E-state index contributed by atoms with van der Waals surface area (Å²) < 4.78 is 18.0. The van der Waals surface area contributed by atoms with E-state index in [1.54, 1.807) is 13.0 Å². The minimum Gasteiger partial charge on any atom is -0.508 e. The van der Waals surface area contributed by atoms with Crippen LogP contribution in [0.15, 0.2) is 18.2 Å². The summed E-state index contributed by atoms with van der Waals surface area (Å²) in [6.45, 7) is 2.22. The third kappa shape index (κ3) is 3.25. The lowest BCUT2D eigenvalue weighted by atomic mass is 9.78. The second kappa shape index (κ2) is 6.04. The predicted octanol–water partition coefficient (Wildman–Crippen LogP) is 3.37. The molecule has 0 radical (unpaired) electrons. The Hall–Kier alpha value is -1.58. The fourth-order valence-corrected chi connectivity index (χ4v) is 2.76. The van der Waals surface area contributed by atoms with E-state index in [0.29, 0.717) is 6.61 Å². The SMILES string of the molecule is CCOC(=O)C1CCC(c2ccc(F)cc2O)CC1. The van der Waals surface area contributed by atoms with Crippen LogP contribution in [0.1, 0.15) is 44.1 Å². The summed E-state index contributed by atoms with van der Waals surface area (Å²) in [5.74, 6) is -0.365. The molecule has 0 spiro atoms. The Balaban J connectivity index is 1.98. The van der Waals surface area contributed by atoms with Crippen LogP contribution in [0.4, 0.5) is 4.39 Å². The largest absolute Gasteiger partial charge is 0.508 e. The fourth-order valence-electron chi connectivity index (χ4n) is 2.76. The van der Waals surface area contributed by atoms with Gasteiger partial charge in [0.2, 0.25) is 0 Å². The summed E-state index contributed by atoms with van der Waals surface area (Å²) in [5, 5.41) is 9.77. The molecule has 0 aromatic heterocycles. The van der Waals surface area contributed by atoms with Crippen molar-refractivity contribution in [3.05, 3.63) is 29.6 Å². The monoisotopic (exact) mass is 266 g/mol. The van der Waals surface area contributed by atoms with Gasteiger partial charge in [0, 0.05) is 6.07 Å². The van der Waals surface area contributed by atoms with Gasteiger partial charge in [-0.2, -0.15) is 0 Å². The standard InChI is InChI=1S/C15H19FO3/c1-2-19-15(18)11-5-3-10(4-6-11)13-8-7-12(16)9-14(13)17/h7-11,17H,2-6H2,1H3. The Morgan fingerprint density at radius 2 is 2.05 bits per heavy atom. The van der Waals surface area contributed by atoms with Crippen LogP contribution in [0, 0.1) is 11.7 Å². The average molecular weight is 266 g/mol. The topological polar surface area (TPSA) is 46.5 Å². The van der Waals surface area contributed by atoms with E-state index in [1.165, 1.54) is 6.07 Å². The molecule has 1 aromatic rings. The molecule has 0 bridgehead atoms. The van der Waals surface area contributed by atoms with E-state index in [0.717, 1.165) is 37.3 Å². The van der Waals surface area contributed by atoms with Gasteiger partial charge in [-0.25, -0.2) is 4.39 Å². The molecule has 3 nitrogen and oxygen atoms in total. The van der Waals surface area contributed by atoms with Gasteiger partial charge in [0.05, 0.1) is 12.5 Å². The van der Waals surface area contributed by atoms with Crippen molar-refractivity contribution in [1.29, 1.82) is 0 Å². The van der Waals surface area contributed by atoms with Gasteiger partial charge in [-0.05, 0) is 50.2 Å². The molecule has 1 N–H and O–H groups in total. The minimum absolute atomic E-state index is 0.0135. The zero-order valence-corrected chi connectivity index (χ0v) is 11.1. The van der Waals surface area contributed by atoms with Crippen molar-refractivity contribution in [3.63, 3.8) is 0 Å². The molecule has 19 heavy (non-hydrogen) atoms. The van der Waals surface area contributed by atoms with Gasteiger partial charge in [0.1, 0.15) is 11.6 Å². The molecule has 1 saturated carbocycles. The maximum atomic E-state index is 12.9. The Labute approximate surface area is 112 Å². The molecule has 0 unspecified atom stereocenters. The summed E-state index contributed by atoms with van der Waals surface area (Å²) in [5.41, 5.74) is 0.781. The van der Waals surface area contributed by atoms with Crippen molar-refractivity contribution in [2.75, 3.05) is 6.61 Å². The normalized spacial score (nSPS) is 23.1. The molecule has 0 amide bonds. The molecule has 1 aliphatic carbocycles. The molecular weight excluding hydrogens is 247 g/mol. The third-order valence-corrected chi connectivity index (χ3v) is 3.78. The number of halogens is 1. The summed E-state index contributed by atoms with van der Waals surface area (Å²) in [4.78, 5) is 11.6. The van der Waals surface area contributed by atoms with Crippen molar-refractivity contribution in [2.45, 2.75) is 38.5 Å². The number of phenolic OH excluding ortho intramolecular Hbond substituents is 1. The van der Waals surface area contributed by atoms with Crippen molar-refractivity contribution in [1.82, 2.24) is 0 Å². The van der Waals surface area contributed by atoms with Crippen molar-refractivity contribution in [2.24, 2.45) is 5.92 Å². The van der Waals surface area contributed by atoms with Crippen LogP contribution in [-0.2, 0) is 9.53 Å². The minimum atomic E-state index is -0.429. The Morgan fingerprint density at radius 3 is 2.63 bits per heavy atom. The number of hydrogen-bond donors (Lipinski definition) is 1. The van der Waals surface area contributed by atoms with E-state index in [9.17, 15) is 14.3 Å². The van der Waals surface area contributed by atoms with E-state index in [2.05, 4.69) is 0 Å². The van der Waals surface area contributed by atoms with Crippen LogP contribution >= 0.6 is 0 Å². The van der Waals surface area contributed by atoms with Crippen LogP contribution in [-0.4, -0.2) is 17.7 Å². The maximum absolute atomic E-state index is 12.9. The highest BCUT2D eigenvalue weighted by atomic mass is 19.1. The first-order valence-electron chi connectivity index (χ1n) is 6.76. The first-order valence-corrected chi connectivity index (χ1v) is 6.76. The summed E-state index contributed by atoms with van der Waals surface area (Å²) in [6, 6.07) is 4.15. The number of benzene rings is 1. The van der Waals surface area contributed by atoms with Gasteiger partial charge in [-0.3, -0.25) is 4.79 Å². The van der Waals surface area contributed by atoms with Gasteiger partial charge in [-0.15, -0.1) is 0 Å². The first-order chi connectivity index (χ1) is 9.11. The molecule has 4 heteroatoms. The van der Waals surface area contributed by atoms with Crippen molar-refractivity contribution < 1.29 is 19.0 Å². The molecule has 2 rings (SSSR count). The quantitative estimate of drug-likeness (QED) is 0.853. The fraction of sp³-hybridized carbons (Fsp3) is 0.533. The number of hydrogen-bond acceptors (Lipinski definition) is 3. The molecule has 0 saturated heterocycles. The van der Waals surface area contributed by atoms with Gasteiger partial charge in [0.25, 0.3) is 0 Å². The highest BCUT2D eigenvalue weighted by Gasteiger charge is 2.29. The Morgan fingerprint density at radius 1 is 1.37 bits per heavy atom. The van der Waals surface area contributed by atoms with Crippen LogP contribution in [0.5, 0.6) is 5.75 Å². The molecule has 0 atom stereocenters. The summed E-state index contributed by atoms with van der Waals surface area (Å²) in [7, 11) is 0. The Kier molecular flexibility index (Phi) is 4.40. The van der Waals surface area contributed by atoms with Crippen molar-refractivity contribution >= 4 is 5.97 Å². The number of phenols is 1. The predicted molar refractivity (Wildman–Crippen MR) is 69.4 cm³/mol. The van der Waals surface area contributed by atoms with Gasteiger partial charge in [-0.1, -0.05) is 6.07 Å². The van der Waals surface area contributed by atoms with Crippen molar-refractivity contribution in [3.8, 4) is 5.75 Å². The van der Waals surface area contributed by atoms with Gasteiger partial charge >= 0.3 is 5.97 Å². The second-order valence-electron chi connectivity index (χ2n) is 5.00. The highest BCUT2D eigenvalue weighted by Crippen LogP contribution is 2.39. The van der Waals surface area contributed by atoms with Crippen LogP contribution in [0.3, 0.4) is 0 Å². The van der Waals surface area contributed by atoms with Crippen LogP contribution in [0.2, 0.25) is 0 Å². The van der Waals surface area contributed by atoms with E-state index >= 15 is 0 Å². The third-order valence-electron chi connectivity index (χ3n) is 3.78. The molecule has 104 valence electrons. The van der Waals surface area contributed by atoms with E-state index in [-0.39, 0.29) is 23.6 Å². The van der Waals surface area contributed by atoms with E-state index in [4.69, 9.17) is 4.74 Å². The number of rotatable bonds is 3. The van der Waals surface area contributed by atoms with Crippen LogP contribution in [0.25, 0.3) is 0 Å². The second-order valence-corrected chi connectivity index (χ2v) is 5.00.